The van der Waals surface area contributed by atoms with Gasteiger partial charge in [0.2, 0.25) is 23.6 Å². The van der Waals surface area contributed by atoms with Gasteiger partial charge in [-0.3, -0.25) is 24.1 Å². The number of carboxylic acids is 1. The Morgan fingerprint density at radius 1 is 1.20 bits per heavy atom. The molecule has 2 rings (SSSR count). The highest BCUT2D eigenvalue weighted by atomic mass is 32.2. The first-order valence-corrected chi connectivity index (χ1v) is 11.3. The molecule has 11 heteroatoms. The number of carbonyl (C=O) groups excluding carboxylic acids is 4. The zero-order valence-electron chi connectivity index (χ0n) is 17.2. The maximum Gasteiger partial charge on any atom is 0.327 e. The molecule has 10 nitrogen and oxygen atoms in total. The minimum absolute atomic E-state index is 0.0145. The molecule has 2 aliphatic rings. The topological polar surface area (TPSA) is 136 Å². The molecule has 2 atom stereocenters. The molecule has 2 heterocycles. The van der Waals surface area contributed by atoms with Crippen LogP contribution in [-0.2, 0) is 24.0 Å². The quantitative estimate of drug-likeness (QED) is 0.286. The summed E-state index contributed by atoms with van der Waals surface area (Å²) in [6.07, 6.45) is 2.61. The maximum absolute atomic E-state index is 12.5. The van der Waals surface area contributed by atoms with E-state index in [1.165, 1.54) is 11.8 Å². The number of unbranched alkanes of at least 4 members (excludes halogenated alkanes) is 2. The van der Waals surface area contributed by atoms with E-state index in [0.717, 1.165) is 44.4 Å². The number of likely N-dealkylation sites (tertiary alicyclic amines) is 1. The van der Waals surface area contributed by atoms with Crippen LogP contribution < -0.4 is 10.6 Å². The van der Waals surface area contributed by atoms with E-state index in [1.54, 1.807) is 0 Å². The average Bonchev–Trinajstić information content (AvgIpc) is 2.98. The van der Waals surface area contributed by atoms with E-state index >= 15 is 0 Å². The van der Waals surface area contributed by atoms with Crippen LogP contribution in [0.15, 0.2) is 0 Å². The van der Waals surface area contributed by atoms with Crippen LogP contribution in [0.2, 0.25) is 0 Å². The molecule has 2 saturated heterocycles. The third-order valence-corrected chi connectivity index (χ3v) is 6.38. The highest BCUT2D eigenvalue weighted by Crippen LogP contribution is 2.26. The van der Waals surface area contributed by atoms with Gasteiger partial charge in [-0.05, 0) is 12.8 Å². The minimum Gasteiger partial charge on any atom is -0.480 e. The van der Waals surface area contributed by atoms with Crippen molar-refractivity contribution < 1.29 is 29.1 Å². The molecular weight excluding hydrogens is 412 g/mol. The van der Waals surface area contributed by atoms with Crippen molar-refractivity contribution in [3.8, 4) is 0 Å². The molecule has 2 aliphatic heterocycles. The van der Waals surface area contributed by atoms with Gasteiger partial charge in [0.05, 0.1) is 5.25 Å². The fraction of sp³-hybridized carbons (Fsp3) is 0.737. The molecule has 0 aliphatic carbocycles. The molecule has 0 radical (unpaired) electrons. The van der Waals surface area contributed by atoms with Crippen LogP contribution >= 0.6 is 11.8 Å². The van der Waals surface area contributed by atoms with Gasteiger partial charge in [0.1, 0.15) is 6.04 Å². The van der Waals surface area contributed by atoms with E-state index in [-0.39, 0.29) is 29.9 Å². The number of amides is 4. The Morgan fingerprint density at radius 3 is 2.53 bits per heavy atom. The summed E-state index contributed by atoms with van der Waals surface area (Å²) in [7, 11) is 0. The summed E-state index contributed by atoms with van der Waals surface area (Å²) >= 11 is 1.08. The van der Waals surface area contributed by atoms with E-state index in [9.17, 15) is 24.0 Å². The smallest absolute Gasteiger partial charge is 0.327 e. The largest absolute Gasteiger partial charge is 0.480 e. The number of carboxylic acid groups (broad SMARTS) is 1. The Bertz CT molecular complexity index is 667. The van der Waals surface area contributed by atoms with Crippen LogP contribution in [0.4, 0.5) is 0 Å². The van der Waals surface area contributed by atoms with Gasteiger partial charge in [-0.2, -0.15) is 0 Å². The predicted octanol–water partition coefficient (Wildman–Crippen LogP) is -0.571. The number of nitrogens with one attached hydrogen (secondary N) is 2. The van der Waals surface area contributed by atoms with Crippen LogP contribution in [0.5, 0.6) is 0 Å². The molecular formula is C19H30N4O6S. The second-order valence-electron chi connectivity index (χ2n) is 7.44. The van der Waals surface area contributed by atoms with Crippen molar-refractivity contribution in [3.05, 3.63) is 0 Å². The normalized spacial score (nSPS) is 20.4. The summed E-state index contributed by atoms with van der Waals surface area (Å²) < 4.78 is 0. The van der Waals surface area contributed by atoms with Gasteiger partial charge >= 0.3 is 5.97 Å². The molecule has 2 fully saturated rings. The molecule has 3 N–H and O–H groups in total. The second-order valence-corrected chi connectivity index (χ2v) is 8.68. The highest BCUT2D eigenvalue weighted by Gasteiger charge is 2.39. The lowest BCUT2D eigenvalue weighted by Crippen LogP contribution is -2.46. The molecule has 4 amide bonds. The Labute approximate surface area is 180 Å². The molecule has 0 aromatic rings. The summed E-state index contributed by atoms with van der Waals surface area (Å²) in [6.45, 7) is 4.65. The fourth-order valence-electron chi connectivity index (χ4n) is 3.45. The lowest BCUT2D eigenvalue weighted by molar-refractivity contribution is -0.141. The molecule has 0 spiro atoms. The number of rotatable bonds is 11. The van der Waals surface area contributed by atoms with Crippen molar-refractivity contribution in [2.75, 3.05) is 38.5 Å². The maximum atomic E-state index is 12.5. The number of hydrogen-bond donors (Lipinski definition) is 3. The summed E-state index contributed by atoms with van der Waals surface area (Å²) in [5.74, 6) is -2.06. The first kappa shape index (κ1) is 24.1. The van der Waals surface area contributed by atoms with Crippen LogP contribution in [0.3, 0.4) is 0 Å². The lowest BCUT2D eigenvalue weighted by Gasteiger charge is -2.27. The summed E-state index contributed by atoms with van der Waals surface area (Å²) in [6, 6.07) is -1.10. The highest BCUT2D eigenvalue weighted by molar-refractivity contribution is 8.00. The first-order chi connectivity index (χ1) is 14.3. The molecule has 0 aromatic heterocycles. The number of nitrogens with zero attached hydrogens (tertiary/aromatic N) is 2. The van der Waals surface area contributed by atoms with Crippen molar-refractivity contribution in [1.29, 1.82) is 0 Å². The SMILES string of the molecule is CC(=O)NC(CSC1CC(=O)N(CCCCCC(=O)N2CCNCC2)C1=O)C(=O)O. The van der Waals surface area contributed by atoms with Gasteiger partial charge in [-0.1, -0.05) is 6.42 Å². The van der Waals surface area contributed by atoms with Crippen molar-refractivity contribution in [2.24, 2.45) is 0 Å². The van der Waals surface area contributed by atoms with E-state index < -0.39 is 23.2 Å². The van der Waals surface area contributed by atoms with Gasteiger partial charge in [-0.15, -0.1) is 11.8 Å². The van der Waals surface area contributed by atoms with Crippen LogP contribution in [0.1, 0.15) is 39.0 Å². The van der Waals surface area contributed by atoms with Crippen LogP contribution in [0.25, 0.3) is 0 Å². The number of carbonyl (C=O) groups is 5. The Hall–Kier alpha value is -2.14. The molecule has 0 bridgehead atoms. The minimum atomic E-state index is -1.18. The van der Waals surface area contributed by atoms with Gasteiger partial charge in [0.25, 0.3) is 0 Å². The molecule has 168 valence electrons. The van der Waals surface area contributed by atoms with Gasteiger partial charge in [0.15, 0.2) is 0 Å². The zero-order chi connectivity index (χ0) is 22.1. The average molecular weight is 443 g/mol. The standard InChI is InChI=1S/C19H30N4O6S/c1-13(24)21-14(19(28)29)12-30-15-11-17(26)23(18(15)27)8-4-2-3-5-16(25)22-9-6-20-7-10-22/h14-15,20H,2-12H2,1H3,(H,21,24)(H,28,29). The number of imide groups is 1. The summed E-state index contributed by atoms with van der Waals surface area (Å²) in [5.41, 5.74) is 0. The van der Waals surface area contributed by atoms with Crippen molar-refractivity contribution >= 4 is 41.4 Å². The monoisotopic (exact) mass is 442 g/mol. The summed E-state index contributed by atoms with van der Waals surface area (Å²) in [4.78, 5) is 62.1. The molecule has 30 heavy (non-hydrogen) atoms. The zero-order valence-corrected chi connectivity index (χ0v) is 18.0. The fourth-order valence-corrected chi connectivity index (χ4v) is 4.63. The van der Waals surface area contributed by atoms with Crippen molar-refractivity contribution in [3.63, 3.8) is 0 Å². The summed E-state index contributed by atoms with van der Waals surface area (Å²) in [5, 5.41) is 14.0. The van der Waals surface area contributed by atoms with Crippen LogP contribution in [-0.4, -0.2) is 94.3 Å². The number of thioether (sulfide) groups is 1. The van der Waals surface area contributed by atoms with Crippen molar-refractivity contribution in [2.45, 2.75) is 50.3 Å². The first-order valence-electron chi connectivity index (χ1n) is 10.2. The van der Waals surface area contributed by atoms with E-state index in [2.05, 4.69) is 10.6 Å². The van der Waals surface area contributed by atoms with Crippen molar-refractivity contribution in [1.82, 2.24) is 20.4 Å². The molecule has 0 aromatic carbocycles. The predicted molar refractivity (Wildman–Crippen MR) is 111 cm³/mol. The number of hydrogen-bond acceptors (Lipinski definition) is 7. The van der Waals surface area contributed by atoms with E-state index in [4.69, 9.17) is 5.11 Å². The van der Waals surface area contributed by atoms with Crippen LogP contribution in [0, 0.1) is 0 Å². The van der Waals surface area contributed by atoms with E-state index in [0.29, 0.717) is 25.8 Å². The number of aliphatic carboxylic acids is 1. The van der Waals surface area contributed by atoms with Gasteiger partial charge in [-0.25, -0.2) is 4.79 Å². The Kier molecular flexibility index (Phi) is 9.57. The Morgan fingerprint density at radius 2 is 1.90 bits per heavy atom. The van der Waals surface area contributed by atoms with E-state index in [1.807, 2.05) is 4.90 Å². The number of piperazine rings is 1. The Balaban J connectivity index is 1.68. The molecule has 0 saturated carbocycles. The molecule has 2 unspecified atom stereocenters. The third-order valence-electron chi connectivity index (χ3n) is 5.08. The third kappa shape index (κ3) is 7.28. The van der Waals surface area contributed by atoms with Gasteiger partial charge < -0.3 is 20.6 Å². The second kappa shape index (κ2) is 11.9. The van der Waals surface area contributed by atoms with Gasteiger partial charge in [0, 0.05) is 58.2 Å². The lowest BCUT2D eigenvalue weighted by atomic mass is 10.1.